The Balaban J connectivity index is 1.02. The van der Waals surface area contributed by atoms with Gasteiger partial charge in [0.2, 0.25) is 0 Å². The predicted octanol–water partition coefficient (Wildman–Crippen LogP) is 16.9. The number of fused-ring (bicyclic) bond motifs is 15. The Bertz CT molecular complexity index is 4410. The van der Waals surface area contributed by atoms with Crippen molar-refractivity contribution >= 4 is 65.4 Å². The van der Waals surface area contributed by atoms with Crippen LogP contribution < -0.4 is 0 Å². The standard InChI is InChI=1S/C66H46N4/c1-65(2)52-24-13-10-21-44(52)46-32-30-40(35-54(46)65)61-62(41-31-33-47-45-22-11-14-25-53(45)66(3,4)55(47)36-41)68-63-56(67-61)26-16-28-58(63)70-57-27-15-12-23-48(57)50-37-51-49-34-29-39-17-8-9-20-43(39)64(49)69(59(51)38-60(50)70)42-18-6-5-7-19-42/h5-38H,1-4H3. The van der Waals surface area contributed by atoms with Gasteiger partial charge in [-0.3, -0.25) is 0 Å². The van der Waals surface area contributed by atoms with Crippen LogP contribution in [0.4, 0.5) is 0 Å². The highest BCUT2D eigenvalue weighted by atomic mass is 15.0. The fourth-order valence-electron chi connectivity index (χ4n) is 12.7. The van der Waals surface area contributed by atoms with E-state index in [9.17, 15) is 0 Å². The van der Waals surface area contributed by atoms with E-state index in [-0.39, 0.29) is 10.8 Å². The molecule has 0 aliphatic heterocycles. The van der Waals surface area contributed by atoms with Crippen molar-refractivity contribution in [3.05, 3.63) is 229 Å². The van der Waals surface area contributed by atoms with Crippen molar-refractivity contribution in [3.8, 4) is 56.1 Å². The molecule has 0 N–H and O–H groups in total. The highest BCUT2D eigenvalue weighted by Crippen LogP contribution is 2.52. The van der Waals surface area contributed by atoms with Crippen molar-refractivity contribution in [1.82, 2.24) is 19.1 Å². The van der Waals surface area contributed by atoms with Crippen LogP contribution in [-0.4, -0.2) is 19.1 Å². The van der Waals surface area contributed by atoms with Crippen LogP contribution in [0.2, 0.25) is 0 Å². The van der Waals surface area contributed by atoms with Gasteiger partial charge >= 0.3 is 0 Å². The van der Waals surface area contributed by atoms with Crippen LogP contribution in [0.25, 0.3) is 122 Å². The molecule has 0 radical (unpaired) electrons. The zero-order chi connectivity index (χ0) is 46.6. The van der Waals surface area contributed by atoms with E-state index in [2.05, 4.69) is 243 Å². The van der Waals surface area contributed by atoms with Gasteiger partial charge < -0.3 is 9.13 Å². The Morgan fingerprint density at radius 2 is 0.929 bits per heavy atom. The first kappa shape index (κ1) is 39.4. The summed E-state index contributed by atoms with van der Waals surface area (Å²) in [7, 11) is 0. The average molecular weight is 895 g/mol. The smallest absolute Gasteiger partial charge is 0.113 e. The molecule has 13 aromatic rings. The third-order valence-electron chi connectivity index (χ3n) is 16.1. The number of aromatic nitrogens is 4. The minimum Gasteiger partial charge on any atom is -0.309 e. The summed E-state index contributed by atoms with van der Waals surface area (Å²) in [5.74, 6) is 0. The van der Waals surface area contributed by atoms with Gasteiger partial charge in [-0.2, -0.15) is 0 Å². The van der Waals surface area contributed by atoms with E-state index in [4.69, 9.17) is 9.97 Å². The summed E-state index contributed by atoms with van der Waals surface area (Å²) in [6.07, 6.45) is 0. The maximum absolute atomic E-state index is 5.89. The largest absolute Gasteiger partial charge is 0.309 e. The number of rotatable bonds is 4. The highest BCUT2D eigenvalue weighted by molar-refractivity contribution is 6.23. The maximum Gasteiger partial charge on any atom is 0.113 e. The number of hydrogen-bond donors (Lipinski definition) is 0. The van der Waals surface area contributed by atoms with Crippen LogP contribution >= 0.6 is 0 Å². The van der Waals surface area contributed by atoms with Crippen molar-refractivity contribution in [2.75, 3.05) is 0 Å². The molecule has 4 heteroatoms. The van der Waals surface area contributed by atoms with Crippen LogP contribution in [0.15, 0.2) is 206 Å². The minimum absolute atomic E-state index is 0.163. The highest BCUT2D eigenvalue weighted by Gasteiger charge is 2.37. The monoisotopic (exact) mass is 894 g/mol. The lowest BCUT2D eigenvalue weighted by atomic mass is 9.81. The molecule has 2 aliphatic rings. The molecule has 0 unspecified atom stereocenters. The molecule has 0 fully saturated rings. The third kappa shape index (κ3) is 5.25. The summed E-state index contributed by atoms with van der Waals surface area (Å²) in [5, 5.41) is 7.33. The molecule has 0 saturated carbocycles. The van der Waals surface area contributed by atoms with E-state index in [0.29, 0.717) is 0 Å². The van der Waals surface area contributed by atoms with Crippen LogP contribution in [0.3, 0.4) is 0 Å². The Morgan fingerprint density at radius 3 is 1.64 bits per heavy atom. The topological polar surface area (TPSA) is 35.6 Å². The Hall–Kier alpha value is -8.60. The molecular weight excluding hydrogens is 849 g/mol. The van der Waals surface area contributed by atoms with Gasteiger partial charge in [-0.1, -0.05) is 179 Å². The summed E-state index contributed by atoms with van der Waals surface area (Å²) >= 11 is 0. The number of nitrogens with zero attached hydrogens (tertiary/aromatic N) is 4. The Labute approximate surface area is 405 Å². The van der Waals surface area contributed by atoms with Crippen LogP contribution in [0.5, 0.6) is 0 Å². The Morgan fingerprint density at radius 1 is 0.357 bits per heavy atom. The van der Waals surface area contributed by atoms with Crippen molar-refractivity contribution < 1.29 is 0 Å². The number of benzene rings is 10. The quantitative estimate of drug-likeness (QED) is 0.176. The van der Waals surface area contributed by atoms with E-state index < -0.39 is 0 Å². The molecule has 3 aromatic heterocycles. The summed E-state index contributed by atoms with van der Waals surface area (Å²) in [6.45, 7) is 9.40. The van der Waals surface area contributed by atoms with E-state index in [1.165, 1.54) is 82.3 Å². The normalized spacial score (nSPS) is 14.2. The Kier molecular flexibility index (Phi) is 7.88. The van der Waals surface area contributed by atoms with Crippen molar-refractivity contribution in [2.24, 2.45) is 0 Å². The molecule has 2 aliphatic carbocycles. The molecule has 0 amide bonds. The molecule has 15 rings (SSSR count). The van der Waals surface area contributed by atoms with Gasteiger partial charge in [-0.05, 0) is 104 Å². The molecule has 10 aromatic carbocycles. The first-order chi connectivity index (χ1) is 34.2. The van der Waals surface area contributed by atoms with E-state index in [0.717, 1.165) is 61.5 Å². The van der Waals surface area contributed by atoms with E-state index in [1.807, 2.05) is 0 Å². The molecule has 0 spiro atoms. The summed E-state index contributed by atoms with van der Waals surface area (Å²) < 4.78 is 4.90. The SMILES string of the molecule is CC1(C)c2ccccc2-c2ccc(-c3nc4cccc(-n5c6ccccc6c6cc7c8ccc9ccccc9c8n(-c8ccccc8)c7cc65)c4nc3-c3ccc4c(c3)C(C)(C)c3ccccc3-4)cc21. The van der Waals surface area contributed by atoms with Gasteiger partial charge in [-0.15, -0.1) is 0 Å². The molecular formula is C66H46N4. The number of para-hydroxylation sites is 3. The molecule has 330 valence electrons. The second-order valence-electron chi connectivity index (χ2n) is 20.5. The molecule has 3 heterocycles. The first-order valence-corrected chi connectivity index (χ1v) is 24.5. The van der Waals surface area contributed by atoms with Crippen molar-refractivity contribution in [2.45, 2.75) is 38.5 Å². The summed E-state index contributed by atoms with van der Waals surface area (Å²) in [6, 6.07) is 76.0. The number of hydrogen-bond acceptors (Lipinski definition) is 2. The first-order valence-electron chi connectivity index (χ1n) is 24.5. The predicted molar refractivity (Wildman–Crippen MR) is 292 cm³/mol. The van der Waals surface area contributed by atoms with E-state index >= 15 is 0 Å². The van der Waals surface area contributed by atoms with Crippen molar-refractivity contribution in [3.63, 3.8) is 0 Å². The van der Waals surface area contributed by atoms with Gasteiger partial charge in [0.25, 0.3) is 0 Å². The fraction of sp³-hybridized carbons (Fsp3) is 0.0909. The lowest BCUT2D eigenvalue weighted by Crippen LogP contribution is -2.15. The summed E-state index contributed by atoms with van der Waals surface area (Å²) in [5.41, 5.74) is 22.6. The van der Waals surface area contributed by atoms with Crippen LogP contribution in [-0.2, 0) is 10.8 Å². The fourth-order valence-corrected chi connectivity index (χ4v) is 12.7. The second kappa shape index (κ2) is 14.0. The van der Waals surface area contributed by atoms with E-state index in [1.54, 1.807) is 0 Å². The average Bonchev–Trinajstić information content (AvgIpc) is 4.06. The second-order valence-corrected chi connectivity index (χ2v) is 20.5. The zero-order valence-electron chi connectivity index (χ0n) is 39.4. The van der Waals surface area contributed by atoms with Gasteiger partial charge in [0.05, 0.1) is 44.7 Å². The van der Waals surface area contributed by atoms with Crippen LogP contribution in [0, 0.1) is 0 Å². The maximum atomic E-state index is 5.89. The van der Waals surface area contributed by atoms with Crippen molar-refractivity contribution in [1.29, 1.82) is 0 Å². The molecule has 0 bridgehead atoms. The minimum atomic E-state index is -0.177. The van der Waals surface area contributed by atoms with Gasteiger partial charge in [0.15, 0.2) is 0 Å². The molecule has 0 atom stereocenters. The van der Waals surface area contributed by atoms with Gasteiger partial charge in [0, 0.05) is 54.6 Å². The summed E-state index contributed by atoms with van der Waals surface area (Å²) in [4.78, 5) is 11.6. The third-order valence-corrected chi connectivity index (χ3v) is 16.1. The van der Waals surface area contributed by atoms with Gasteiger partial charge in [-0.25, -0.2) is 9.97 Å². The molecule has 4 nitrogen and oxygen atoms in total. The zero-order valence-corrected chi connectivity index (χ0v) is 39.4. The lowest BCUT2D eigenvalue weighted by molar-refractivity contribution is 0.660. The lowest BCUT2D eigenvalue weighted by Gasteiger charge is -2.23. The van der Waals surface area contributed by atoms with Gasteiger partial charge in [0.1, 0.15) is 5.52 Å². The molecule has 70 heavy (non-hydrogen) atoms. The molecule has 0 saturated heterocycles. The van der Waals surface area contributed by atoms with Crippen LogP contribution in [0.1, 0.15) is 49.9 Å².